The van der Waals surface area contributed by atoms with Crippen LogP contribution in [0.25, 0.3) is 11.3 Å². The third-order valence-electron chi connectivity index (χ3n) is 7.32. The Morgan fingerprint density at radius 1 is 0.975 bits per heavy atom. The Morgan fingerprint density at radius 2 is 1.68 bits per heavy atom. The molecule has 1 N–H and O–H groups in total. The molecule has 2 fully saturated rings. The standard InChI is InChI=1S/C28H27F5N4O3/c29-27(30)12-8-17(9-13-27)23-24(35-26(39)19-6-4-18(5-7-19)25(38)28(31,32)33)20(10-14-34-23)21-11-15-37(36-21)22-3-1-2-16-40-22/h4-7,10-11,14-15,17,22H,1-3,8-9,12-13,16H2,(H,35,39). The smallest absolute Gasteiger partial charge is 0.357 e. The number of nitrogens with zero attached hydrogens (tertiary/aromatic N) is 3. The molecule has 1 saturated heterocycles. The molecule has 1 aliphatic heterocycles. The predicted octanol–water partition coefficient (Wildman–Crippen LogP) is 6.93. The molecule has 1 aliphatic carbocycles. The summed E-state index contributed by atoms with van der Waals surface area (Å²) in [6.07, 6.45) is 0.562. The first kappa shape index (κ1) is 27.9. The van der Waals surface area contributed by atoms with Gasteiger partial charge >= 0.3 is 6.18 Å². The van der Waals surface area contributed by atoms with E-state index in [0.717, 1.165) is 43.5 Å². The molecule has 1 aromatic carbocycles. The van der Waals surface area contributed by atoms with Gasteiger partial charge in [-0.1, -0.05) is 12.1 Å². The van der Waals surface area contributed by atoms with Gasteiger partial charge in [0.1, 0.15) is 6.23 Å². The van der Waals surface area contributed by atoms with Crippen LogP contribution in [0.3, 0.4) is 0 Å². The lowest BCUT2D eigenvalue weighted by molar-refractivity contribution is -0.0885. The maximum atomic E-state index is 13.9. The average Bonchev–Trinajstić information content (AvgIpc) is 3.43. The number of hydrogen-bond acceptors (Lipinski definition) is 5. The molecule has 1 atom stereocenters. The molecule has 1 amide bonds. The number of anilines is 1. The van der Waals surface area contributed by atoms with Crippen LogP contribution in [0.1, 0.15) is 83.5 Å². The molecular formula is C28H27F5N4O3. The summed E-state index contributed by atoms with van der Waals surface area (Å²) in [7, 11) is 0. The van der Waals surface area contributed by atoms with E-state index in [1.54, 1.807) is 29.2 Å². The lowest BCUT2D eigenvalue weighted by Crippen LogP contribution is -2.25. The number of ketones is 1. The summed E-state index contributed by atoms with van der Waals surface area (Å²) in [5.74, 6) is -5.77. The van der Waals surface area contributed by atoms with Crippen LogP contribution in [0.5, 0.6) is 0 Å². The zero-order valence-corrected chi connectivity index (χ0v) is 21.4. The zero-order valence-electron chi connectivity index (χ0n) is 21.4. The van der Waals surface area contributed by atoms with Gasteiger partial charge in [-0.25, -0.2) is 13.5 Å². The van der Waals surface area contributed by atoms with Gasteiger partial charge in [-0.15, -0.1) is 0 Å². The van der Waals surface area contributed by atoms with Crippen LogP contribution in [-0.4, -0.2) is 45.2 Å². The number of carbonyl (C=O) groups is 2. The maximum Gasteiger partial charge on any atom is 0.454 e. The van der Waals surface area contributed by atoms with E-state index >= 15 is 0 Å². The van der Waals surface area contributed by atoms with E-state index in [0.29, 0.717) is 29.2 Å². The molecule has 212 valence electrons. The van der Waals surface area contributed by atoms with Crippen molar-refractivity contribution in [3.8, 4) is 11.3 Å². The Morgan fingerprint density at radius 3 is 2.33 bits per heavy atom. The number of pyridine rings is 1. The van der Waals surface area contributed by atoms with Crippen molar-refractivity contribution in [1.82, 2.24) is 14.8 Å². The van der Waals surface area contributed by atoms with E-state index in [4.69, 9.17) is 4.74 Å². The minimum absolute atomic E-state index is 0.00999. The Balaban J connectivity index is 1.47. The number of nitrogens with one attached hydrogen (secondary N) is 1. The van der Waals surface area contributed by atoms with Gasteiger partial charge < -0.3 is 10.1 Å². The fourth-order valence-electron chi connectivity index (χ4n) is 5.14. The first-order valence-electron chi connectivity index (χ1n) is 13.1. The van der Waals surface area contributed by atoms with E-state index < -0.39 is 29.4 Å². The van der Waals surface area contributed by atoms with Crippen molar-refractivity contribution in [3.05, 3.63) is 65.6 Å². The van der Waals surface area contributed by atoms with Crippen molar-refractivity contribution < 1.29 is 36.3 Å². The molecule has 1 unspecified atom stereocenters. The van der Waals surface area contributed by atoms with Crippen molar-refractivity contribution in [2.75, 3.05) is 11.9 Å². The highest BCUT2D eigenvalue weighted by molar-refractivity contribution is 6.07. The summed E-state index contributed by atoms with van der Waals surface area (Å²) in [5, 5.41) is 7.46. The highest BCUT2D eigenvalue weighted by atomic mass is 19.4. The van der Waals surface area contributed by atoms with Gasteiger partial charge in [0.05, 0.1) is 17.1 Å². The molecular weight excluding hydrogens is 535 g/mol. The van der Waals surface area contributed by atoms with Gasteiger partial charge in [-0.2, -0.15) is 18.3 Å². The van der Waals surface area contributed by atoms with Crippen LogP contribution in [0.2, 0.25) is 0 Å². The van der Waals surface area contributed by atoms with Crippen LogP contribution >= 0.6 is 0 Å². The predicted molar refractivity (Wildman–Crippen MR) is 135 cm³/mol. The molecule has 0 radical (unpaired) electrons. The second-order valence-corrected chi connectivity index (χ2v) is 10.1. The summed E-state index contributed by atoms with van der Waals surface area (Å²) in [6.45, 7) is 0.625. The monoisotopic (exact) mass is 562 g/mol. The van der Waals surface area contributed by atoms with Crippen molar-refractivity contribution >= 4 is 17.4 Å². The van der Waals surface area contributed by atoms with Gasteiger partial charge in [0.2, 0.25) is 5.92 Å². The third-order valence-corrected chi connectivity index (χ3v) is 7.32. The quantitative estimate of drug-likeness (QED) is 0.260. The number of carbonyl (C=O) groups excluding carboxylic acids is 2. The number of benzene rings is 1. The summed E-state index contributed by atoms with van der Waals surface area (Å²) in [5.41, 5.74) is 1.19. The normalized spacial score (nSPS) is 19.8. The van der Waals surface area contributed by atoms with E-state index in [1.165, 1.54) is 0 Å². The van der Waals surface area contributed by atoms with Crippen LogP contribution < -0.4 is 5.32 Å². The van der Waals surface area contributed by atoms with Crippen LogP contribution in [0, 0.1) is 0 Å². The molecule has 3 aromatic rings. The van der Waals surface area contributed by atoms with Crippen LogP contribution in [-0.2, 0) is 4.74 Å². The average molecular weight is 563 g/mol. The van der Waals surface area contributed by atoms with Crippen molar-refractivity contribution in [2.24, 2.45) is 0 Å². The van der Waals surface area contributed by atoms with E-state index in [-0.39, 0.29) is 43.4 Å². The highest BCUT2D eigenvalue weighted by Gasteiger charge is 2.39. The van der Waals surface area contributed by atoms with Gasteiger partial charge in [0.15, 0.2) is 0 Å². The van der Waals surface area contributed by atoms with Crippen molar-refractivity contribution in [1.29, 1.82) is 0 Å². The van der Waals surface area contributed by atoms with Crippen LogP contribution in [0.15, 0.2) is 48.8 Å². The van der Waals surface area contributed by atoms with Crippen molar-refractivity contribution in [2.45, 2.75) is 69.2 Å². The van der Waals surface area contributed by atoms with Crippen molar-refractivity contribution in [3.63, 3.8) is 0 Å². The lowest BCUT2D eigenvalue weighted by atomic mass is 9.83. The summed E-state index contributed by atoms with van der Waals surface area (Å²) in [6, 6.07) is 7.55. The summed E-state index contributed by atoms with van der Waals surface area (Å²) < 4.78 is 73.7. The second-order valence-electron chi connectivity index (χ2n) is 10.1. The third kappa shape index (κ3) is 6.06. The van der Waals surface area contributed by atoms with E-state index in [1.807, 2.05) is 0 Å². The number of hydrogen-bond donors (Lipinski definition) is 1. The zero-order chi connectivity index (χ0) is 28.5. The summed E-state index contributed by atoms with van der Waals surface area (Å²) >= 11 is 0. The molecule has 40 heavy (non-hydrogen) atoms. The molecule has 12 heteroatoms. The maximum absolute atomic E-state index is 13.9. The number of amides is 1. The molecule has 5 rings (SSSR count). The van der Waals surface area contributed by atoms with Gasteiger partial charge in [0.25, 0.3) is 11.7 Å². The molecule has 2 aromatic heterocycles. The van der Waals surface area contributed by atoms with E-state index in [2.05, 4.69) is 15.4 Å². The number of alkyl halides is 5. The molecule has 1 saturated carbocycles. The number of ether oxygens (including phenoxy) is 1. The fraction of sp³-hybridized carbons (Fsp3) is 0.429. The molecule has 0 spiro atoms. The molecule has 0 bridgehead atoms. The minimum atomic E-state index is -5.04. The molecule has 7 nitrogen and oxygen atoms in total. The topological polar surface area (TPSA) is 86.1 Å². The van der Waals surface area contributed by atoms with Gasteiger partial charge in [-0.05, 0) is 56.4 Å². The SMILES string of the molecule is O=C(Nc1c(-c2ccn(C3CCCCO3)n2)ccnc1C1CCC(F)(F)CC1)c1ccc(C(=O)C(F)(F)F)cc1. The number of halogens is 5. The largest absolute Gasteiger partial charge is 0.454 e. The lowest BCUT2D eigenvalue weighted by Gasteiger charge is -2.29. The fourth-order valence-corrected chi connectivity index (χ4v) is 5.14. The number of aromatic nitrogens is 3. The van der Waals surface area contributed by atoms with Crippen LogP contribution in [0.4, 0.5) is 27.6 Å². The summed E-state index contributed by atoms with van der Waals surface area (Å²) in [4.78, 5) is 29.2. The second kappa shape index (κ2) is 11.1. The highest BCUT2D eigenvalue weighted by Crippen LogP contribution is 2.44. The van der Waals surface area contributed by atoms with Gasteiger partial charge in [0, 0.05) is 54.5 Å². The first-order valence-corrected chi connectivity index (χ1v) is 13.1. The Hall–Kier alpha value is -3.67. The molecule has 3 heterocycles. The number of rotatable bonds is 6. The Bertz CT molecular complexity index is 1370. The Labute approximate surface area is 226 Å². The first-order chi connectivity index (χ1) is 19.0. The minimum Gasteiger partial charge on any atom is -0.357 e. The van der Waals surface area contributed by atoms with E-state index in [9.17, 15) is 31.5 Å². The van der Waals surface area contributed by atoms with Gasteiger partial charge in [-0.3, -0.25) is 14.6 Å². The molecule has 2 aliphatic rings. The number of Topliss-reactive ketones (excluding diaryl/α,β-unsaturated/α-hetero) is 1. The Kier molecular flexibility index (Phi) is 7.72.